The molecule has 1 N–H and O–H groups in total. The van der Waals surface area contributed by atoms with Crippen LogP contribution in [-0.4, -0.2) is 46.0 Å². The van der Waals surface area contributed by atoms with Crippen molar-refractivity contribution in [3.63, 3.8) is 0 Å². The van der Waals surface area contributed by atoms with E-state index in [-0.39, 0.29) is 23.7 Å². The van der Waals surface area contributed by atoms with Gasteiger partial charge in [-0.1, -0.05) is 6.92 Å². The van der Waals surface area contributed by atoms with E-state index in [1.807, 2.05) is 25.7 Å². The molecule has 2 heterocycles. The highest BCUT2D eigenvalue weighted by Crippen LogP contribution is 2.23. The van der Waals surface area contributed by atoms with Crippen LogP contribution in [0, 0.1) is 10.1 Å². The van der Waals surface area contributed by atoms with Gasteiger partial charge >= 0.3 is 0 Å². The summed E-state index contributed by atoms with van der Waals surface area (Å²) < 4.78 is 1.69. The standard InChI is InChI=1S/C14H22N4O3/c1-4-5-16(12-7-15-8-12)14(19)13-6-11(18(20)21)9-17(13)10(2)3/h6,9-10,12,15H,4-5,7-8H2,1-3H3. The molecule has 1 aliphatic heterocycles. The number of hydrogen-bond donors (Lipinski definition) is 1. The van der Waals surface area contributed by atoms with Crippen LogP contribution in [0.2, 0.25) is 0 Å². The van der Waals surface area contributed by atoms with Crippen LogP contribution < -0.4 is 5.32 Å². The van der Waals surface area contributed by atoms with Gasteiger partial charge in [-0.05, 0) is 20.3 Å². The quantitative estimate of drug-likeness (QED) is 0.641. The van der Waals surface area contributed by atoms with Crippen LogP contribution in [0.1, 0.15) is 43.7 Å². The van der Waals surface area contributed by atoms with Crippen molar-refractivity contribution >= 4 is 11.6 Å². The van der Waals surface area contributed by atoms with Crippen LogP contribution in [0.25, 0.3) is 0 Å². The Morgan fingerprint density at radius 3 is 2.67 bits per heavy atom. The minimum atomic E-state index is -0.454. The molecule has 7 nitrogen and oxygen atoms in total. The summed E-state index contributed by atoms with van der Waals surface area (Å²) in [6.07, 6.45) is 2.31. The number of amides is 1. The lowest BCUT2D eigenvalue weighted by atomic mass is 10.1. The van der Waals surface area contributed by atoms with Crippen LogP contribution in [0.4, 0.5) is 5.69 Å². The van der Waals surface area contributed by atoms with Crippen molar-refractivity contribution < 1.29 is 9.72 Å². The third-order valence-electron chi connectivity index (χ3n) is 3.75. The molecular weight excluding hydrogens is 272 g/mol. The molecule has 1 amide bonds. The molecule has 1 saturated heterocycles. The molecule has 1 aliphatic rings. The number of nitrogens with zero attached hydrogens (tertiary/aromatic N) is 3. The molecule has 0 saturated carbocycles. The van der Waals surface area contributed by atoms with E-state index in [0.717, 1.165) is 19.5 Å². The van der Waals surface area contributed by atoms with Crippen LogP contribution in [0.15, 0.2) is 12.3 Å². The fourth-order valence-corrected chi connectivity index (χ4v) is 2.49. The van der Waals surface area contributed by atoms with Gasteiger partial charge in [0.05, 0.1) is 17.2 Å². The van der Waals surface area contributed by atoms with Gasteiger partial charge in [-0.3, -0.25) is 14.9 Å². The maximum Gasteiger partial charge on any atom is 0.287 e. The smallest absolute Gasteiger partial charge is 0.287 e. The van der Waals surface area contributed by atoms with Gasteiger partial charge in [0.2, 0.25) is 0 Å². The molecule has 7 heteroatoms. The molecule has 0 spiro atoms. The lowest BCUT2D eigenvalue weighted by molar-refractivity contribution is -0.384. The number of carbonyl (C=O) groups is 1. The van der Waals surface area contributed by atoms with Crippen molar-refractivity contribution in [2.45, 2.75) is 39.3 Å². The first kappa shape index (κ1) is 15.5. The lowest BCUT2D eigenvalue weighted by Crippen LogP contribution is -2.59. The van der Waals surface area contributed by atoms with Gasteiger partial charge in [0.1, 0.15) is 5.69 Å². The fraction of sp³-hybridized carbons (Fsp3) is 0.643. The molecule has 0 radical (unpaired) electrons. The Hall–Kier alpha value is -1.89. The van der Waals surface area contributed by atoms with Gasteiger partial charge in [-0.25, -0.2) is 0 Å². The summed E-state index contributed by atoms with van der Waals surface area (Å²) in [5.41, 5.74) is 0.368. The predicted molar refractivity (Wildman–Crippen MR) is 79.5 cm³/mol. The number of nitro groups is 1. The summed E-state index contributed by atoms with van der Waals surface area (Å²) >= 11 is 0. The first-order valence-electron chi connectivity index (χ1n) is 7.33. The topological polar surface area (TPSA) is 80.4 Å². The first-order chi connectivity index (χ1) is 9.95. The van der Waals surface area contributed by atoms with E-state index >= 15 is 0 Å². The summed E-state index contributed by atoms with van der Waals surface area (Å²) in [6.45, 7) is 8.09. The van der Waals surface area contributed by atoms with E-state index in [9.17, 15) is 14.9 Å². The summed E-state index contributed by atoms with van der Waals surface area (Å²) in [5, 5.41) is 14.1. The third-order valence-corrected chi connectivity index (χ3v) is 3.75. The maximum atomic E-state index is 12.8. The van der Waals surface area contributed by atoms with E-state index < -0.39 is 4.92 Å². The Labute approximate surface area is 124 Å². The number of nitrogens with one attached hydrogen (secondary N) is 1. The molecule has 116 valence electrons. The minimum absolute atomic E-state index is 0.000595. The van der Waals surface area contributed by atoms with Gasteiger partial charge in [-0.2, -0.15) is 0 Å². The number of aromatic nitrogens is 1. The number of carbonyl (C=O) groups excluding carboxylic acids is 1. The largest absolute Gasteiger partial charge is 0.335 e. The summed E-state index contributed by atoms with van der Waals surface area (Å²) in [5.74, 6) is -0.120. The molecule has 0 aromatic carbocycles. The highest BCUT2D eigenvalue weighted by molar-refractivity contribution is 5.94. The molecule has 21 heavy (non-hydrogen) atoms. The fourth-order valence-electron chi connectivity index (χ4n) is 2.49. The van der Waals surface area contributed by atoms with Gasteiger partial charge in [0.25, 0.3) is 11.6 Å². The predicted octanol–water partition coefficient (Wildman–Crippen LogP) is 1.80. The highest BCUT2D eigenvalue weighted by atomic mass is 16.6. The molecule has 1 aromatic heterocycles. The minimum Gasteiger partial charge on any atom is -0.335 e. The van der Waals surface area contributed by atoms with E-state index in [2.05, 4.69) is 5.32 Å². The highest BCUT2D eigenvalue weighted by Gasteiger charge is 2.31. The third kappa shape index (κ3) is 3.07. The Balaban J connectivity index is 2.33. The van der Waals surface area contributed by atoms with E-state index in [1.54, 1.807) is 4.57 Å². The van der Waals surface area contributed by atoms with Crippen LogP contribution in [0.3, 0.4) is 0 Å². The zero-order chi connectivity index (χ0) is 15.6. The number of rotatable bonds is 6. The van der Waals surface area contributed by atoms with Crippen molar-refractivity contribution in [3.05, 3.63) is 28.1 Å². The van der Waals surface area contributed by atoms with E-state index in [0.29, 0.717) is 12.2 Å². The molecular formula is C14H22N4O3. The van der Waals surface area contributed by atoms with Gasteiger partial charge in [-0.15, -0.1) is 0 Å². The molecule has 0 atom stereocenters. The van der Waals surface area contributed by atoms with E-state index in [1.165, 1.54) is 12.3 Å². The second kappa shape index (κ2) is 6.26. The zero-order valence-corrected chi connectivity index (χ0v) is 12.7. The second-order valence-electron chi connectivity index (χ2n) is 5.65. The molecule has 2 rings (SSSR count). The average Bonchev–Trinajstić information content (AvgIpc) is 2.80. The Kier molecular flexibility index (Phi) is 4.62. The SMILES string of the molecule is CCCN(C(=O)c1cc([N+](=O)[O-])cn1C(C)C)C1CNC1. The Bertz CT molecular complexity index is 534. The monoisotopic (exact) mass is 294 g/mol. The Morgan fingerprint density at radius 1 is 1.57 bits per heavy atom. The van der Waals surface area contributed by atoms with Gasteiger partial charge < -0.3 is 14.8 Å². The summed E-state index contributed by atoms with van der Waals surface area (Å²) in [7, 11) is 0. The normalized spacial score (nSPS) is 15.0. The first-order valence-corrected chi connectivity index (χ1v) is 7.33. The molecule has 0 unspecified atom stereocenters. The summed E-state index contributed by atoms with van der Waals surface area (Å²) in [6, 6.07) is 1.57. The molecule has 0 bridgehead atoms. The molecule has 0 aliphatic carbocycles. The van der Waals surface area contributed by atoms with Crippen molar-refractivity contribution in [2.24, 2.45) is 0 Å². The number of hydrogen-bond acceptors (Lipinski definition) is 4. The van der Waals surface area contributed by atoms with Crippen molar-refractivity contribution in [2.75, 3.05) is 19.6 Å². The lowest BCUT2D eigenvalue weighted by Gasteiger charge is -2.38. The van der Waals surface area contributed by atoms with Crippen molar-refractivity contribution in [1.82, 2.24) is 14.8 Å². The van der Waals surface area contributed by atoms with Crippen molar-refractivity contribution in [3.8, 4) is 0 Å². The second-order valence-corrected chi connectivity index (χ2v) is 5.65. The summed E-state index contributed by atoms with van der Waals surface area (Å²) in [4.78, 5) is 25.1. The van der Waals surface area contributed by atoms with Crippen LogP contribution in [-0.2, 0) is 0 Å². The molecule has 1 fully saturated rings. The zero-order valence-electron chi connectivity index (χ0n) is 12.7. The van der Waals surface area contributed by atoms with Gasteiger partial charge in [0.15, 0.2) is 0 Å². The van der Waals surface area contributed by atoms with E-state index in [4.69, 9.17) is 0 Å². The Morgan fingerprint density at radius 2 is 2.24 bits per heavy atom. The van der Waals surface area contributed by atoms with Crippen LogP contribution >= 0.6 is 0 Å². The van der Waals surface area contributed by atoms with Gasteiger partial charge in [0, 0.05) is 31.7 Å². The van der Waals surface area contributed by atoms with Crippen molar-refractivity contribution in [1.29, 1.82) is 0 Å². The van der Waals surface area contributed by atoms with Crippen LogP contribution in [0.5, 0.6) is 0 Å². The maximum absolute atomic E-state index is 12.8. The average molecular weight is 294 g/mol. The molecule has 1 aromatic rings.